The Morgan fingerprint density at radius 1 is 0.964 bits per heavy atom. The molecule has 0 aliphatic carbocycles. The number of sulfonamides is 1. The van der Waals surface area contributed by atoms with Crippen molar-refractivity contribution in [2.24, 2.45) is 0 Å². The van der Waals surface area contributed by atoms with Crippen molar-refractivity contribution in [1.82, 2.24) is 4.98 Å². The van der Waals surface area contributed by atoms with Crippen molar-refractivity contribution in [3.63, 3.8) is 0 Å². The summed E-state index contributed by atoms with van der Waals surface area (Å²) in [5.41, 5.74) is 4.21. The van der Waals surface area contributed by atoms with Gasteiger partial charge in [0.05, 0.1) is 16.8 Å². The standard InChI is InChI=1S/C22H25N3O2S/c1-15(2)19-7-5-6-8-20(19)24-22-12-11-18(14-23-22)25-28(26,27)21-13-16(3)9-10-17(21)4/h5-15,25H,1-4H3,(H,23,24). The van der Waals surface area contributed by atoms with Crippen molar-refractivity contribution < 1.29 is 8.42 Å². The number of pyridine rings is 1. The summed E-state index contributed by atoms with van der Waals surface area (Å²) in [5.74, 6) is 1.04. The lowest BCUT2D eigenvalue weighted by Gasteiger charge is -2.14. The van der Waals surface area contributed by atoms with Gasteiger partial charge in [-0.1, -0.05) is 44.2 Å². The summed E-state index contributed by atoms with van der Waals surface area (Å²) in [6.07, 6.45) is 1.52. The van der Waals surface area contributed by atoms with E-state index in [1.807, 2.05) is 31.2 Å². The Labute approximate surface area is 166 Å². The molecule has 2 aromatic carbocycles. The molecule has 1 heterocycles. The number of nitrogens with zero attached hydrogens (tertiary/aromatic N) is 1. The quantitative estimate of drug-likeness (QED) is 0.589. The molecule has 1 aromatic heterocycles. The van der Waals surface area contributed by atoms with Crippen LogP contribution in [0.1, 0.15) is 36.5 Å². The van der Waals surface area contributed by atoms with E-state index in [0.717, 1.165) is 11.3 Å². The molecule has 0 saturated carbocycles. The minimum absolute atomic E-state index is 0.278. The van der Waals surface area contributed by atoms with Crippen LogP contribution in [0.3, 0.4) is 0 Å². The fourth-order valence-corrected chi connectivity index (χ4v) is 4.36. The summed E-state index contributed by atoms with van der Waals surface area (Å²) in [4.78, 5) is 4.63. The van der Waals surface area contributed by atoms with Gasteiger partial charge in [-0.25, -0.2) is 13.4 Å². The molecule has 0 atom stereocenters. The monoisotopic (exact) mass is 395 g/mol. The molecule has 3 aromatic rings. The first-order valence-electron chi connectivity index (χ1n) is 9.18. The summed E-state index contributed by atoms with van der Waals surface area (Å²) in [6.45, 7) is 7.93. The van der Waals surface area contributed by atoms with Gasteiger partial charge >= 0.3 is 0 Å². The molecule has 5 nitrogen and oxygen atoms in total. The molecular weight excluding hydrogens is 370 g/mol. The normalized spacial score (nSPS) is 11.5. The highest BCUT2D eigenvalue weighted by atomic mass is 32.2. The number of aryl methyl sites for hydroxylation is 2. The largest absolute Gasteiger partial charge is 0.340 e. The Balaban J connectivity index is 1.79. The summed E-state index contributed by atoms with van der Waals surface area (Å²) in [7, 11) is -3.67. The van der Waals surface area contributed by atoms with E-state index < -0.39 is 10.0 Å². The van der Waals surface area contributed by atoms with E-state index in [0.29, 0.717) is 23.0 Å². The van der Waals surface area contributed by atoms with Gasteiger partial charge in [-0.2, -0.15) is 0 Å². The van der Waals surface area contributed by atoms with Crippen molar-refractivity contribution >= 4 is 27.2 Å². The molecule has 28 heavy (non-hydrogen) atoms. The van der Waals surface area contributed by atoms with Crippen LogP contribution in [0.25, 0.3) is 0 Å². The average molecular weight is 396 g/mol. The van der Waals surface area contributed by atoms with Crippen LogP contribution in [-0.4, -0.2) is 13.4 Å². The van der Waals surface area contributed by atoms with Crippen molar-refractivity contribution in [1.29, 1.82) is 0 Å². The smallest absolute Gasteiger partial charge is 0.262 e. The van der Waals surface area contributed by atoms with Crippen molar-refractivity contribution in [2.45, 2.75) is 38.5 Å². The zero-order chi connectivity index (χ0) is 20.3. The Hall–Kier alpha value is -2.86. The number of anilines is 3. The van der Waals surface area contributed by atoms with Gasteiger partial charge in [-0.05, 0) is 60.7 Å². The summed E-state index contributed by atoms with van der Waals surface area (Å²) >= 11 is 0. The van der Waals surface area contributed by atoms with Gasteiger partial charge in [-0.3, -0.25) is 4.72 Å². The highest BCUT2D eigenvalue weighted by molar-refractivity contribution is 7.92. The maximum Gasteiger partial charge on any atom is 0.262 e. The molecule has 0 unspecified atom stereocenters. The molecule has 6 heteroatoms. The zero-order valence-corrected chi connectivity index (χ0v) is 17.3. The van der Waals surface area contributed by atoms with Gasteiger partial charge in [-0.15, -0.1) is 0 Å². The van der Waals surface area contributed by atoms with E-state index in [4.69, 9.17) is 0 Å². The van der Waals surface area contributed by atoms with Crippen molar-refractivity contribution in [3.05, 3.63) is 77.5 Å². The molecule has 0 fully saturated rings. The lowest BCUT2D eigenvalue weighted by molar-refractivity contribution is 0.600. The molecule has 146 valence electrons. The topological polar surface area (TPSA) is 71.1 Å². The van der Waals surface area contributed by atoms with Crippen LogP contribution in [0.2, 0.25) is 0 Å². The second-order valence-electron chi connectivity index (χ2n) is 7.17. The Morgan fingerprint density at radius 3 is 2.39 bits per heavy atom. The minimum Gasteiger partial charge on any atom is -0.340 e. The van der Waals surface area contributed by atoms with Crippen molar-refractivity contribution in [2.75, 3.05) is 10.0 Å². The predicted molar refractivity (Wildman–Crippen MR) is 115 cm³/mol. The fourth-order valence-electron chi connectivity index (χ4n) is 2.99. The first-order valence-corrected chi connectivity index (χ1v) is 10.7. The number of aromatic nitrogens is 1. The van der Waals surface area contributed by atoms with E-state index in [1.54, 1.807) is 31.2 Å². The zero-order valence-electron chi connectivity index (χ0n) is 16.5. The third-order valence-electron chi connectivity index (χ3n) is 4.49. The Bertz CT molecular complexity index is 1080. The number of hydrogen-bond acceptors (Lipinski definition) is 4. The van der Waals surface area contributed by atoms with Crippen LogP contribution < -0.4 is 10.0 Å². The summed E-state index contributed by atoms with van der Waals surface area (Å²) < 4.78 is 28.0. The van der Waals surface area contributed by atoms with E-state index in [9.17, 15) is 8.42 Å². The Morgan fingerprint density at radius 2 is 1.71 bits per heavy atom. The summed E-state index contributed by atoms with van der Waals surface area (Å²) in [6, 6.07) is 16.9. The van der Waals surface area contributed by atoms with E-state index in [-0.39, 0.29) is 4.90 Å². The maximum atomic E-state index is 12.7. The summed E-state index contributed by atoms with van der Waals surface area (Å²) in [5, 5.41) is 3.30. The van der Waals surface area contributed by atoms with Gasteiger partial charge in [0.1, 0.15) is 5.82 Å². The van der Waals surface area contributed by atoms with Crippen LogP contribution in [0, 0.1) is 13.8 Å². The van der Waals surface area contributed by atoms with Crippen LogP contribution in [0.15, 0.2) is 65.7 Å². The molecule has 0 bridgehead atoms. The Kier molecular flexibility index (Phi) is 5.70. The number of hydrogen-bond donors (Lipinski definition) is 2. The molecular formula is C22H25N3O2S. The molecule has 2 N–H and O–H groups in total. The number of para-hydroxylation sites is 1. The molecule has 0 saturated heterocycles. The van der Waals surface area contributed by atoms with E-state index in [2.05, 4.69) is 34.9 Å². The minimum atomic E-state index is -3.67. The third kappa shape index (κ3) is 4.51. The van der Waals surface area contributed by atoms with Gasteiger partial charge in [0.2, 0.25) is 0 Å². The van der Waals surface area contributed by atoms with Crippen molar-refractivity contribution in [3.8, 4) is 0 Å². The highest BCUT2D eigenvalue weighted by Gasteiger charge is 2.17. The number of nitrogens with one attached hydrogen (secondary N) is 2. The molecule has 3 rings (SSSR count). The van der Waals surface area contributed by atoms with Gasteiger partial charge in [0.25, 0.3) is 10.0 Å². The highest BCUT2D eigenvalue weighted by Crippen LogP contribution is 2.27. The SMILES string of the molecule is Cc1ccc(C)c(S(=O)(=O)Nc2ccc(Nc3ccccc3C(C)C)nc2)c1. The second-order valence-corrected chi connectivity index (χ2v) is 8.82. The van der Waals surface area contributed by atoms with Crippen LogP contribution in [0.5, 0.6) is 0 Å². The van der Waals surface area contributed by atoms with Crippen LogP contribution >= 0.6 is 0 Å². The van der Waals surface area contributed by atoms with E-state index >= 15 is 0 Å². The van der Waals surface area contributed by atoms with Gasteiger partial charge in [0, 0.05) is 5.69 Å². The molecule has 0 radical (unpaired) electrons. The second kappa shape index (κ2) is 8.02. The van der Waals surface area contributed by atoms with Crippen LogP contribution in [0.4, 0.5) is 17.2 Å². The molecule has 0 spiro atoms. The number of benzene rings is 2. The molecule has 0 aliphatic rings. The fraction of sp³-hybridized carbons (Fsp3) is 0.227. The third-order valence-corrected chi connectivity index (χ3v) is 6.02. The first-order chi connectivity index (χ1) is 13.3. The van der Waals surface area contributed by atoms with Crippen LogP contribution in [-0.2, 0) is 10.0 Å². The maximum absolute atomic E-state index is 12.7. The number of rotatable bonds is 6. The lowest BCUT2D eigenvalue weighted by atomic mass is 10.0. The van der Waals surface area contributed by atoms with E-state index in [1.165, 1.54) is 11.8 Å². The van der Waals surface area contributed by atoms with Gasteiger partial charge in [0.15, 0.2) is 0 Å². The van der Waals surface area contributed by atoms with Gasteiger partial charge < -0.3 is 5.32 Å². The molecule has 0 aliphatic heterocycles. The average Bonchev–Trinajstić information content (AvgIpc) is 2.65. The first kappa shape index (κ1) is 19.9. The predicted octanol–water partition coefficient (Wildman–Crippen LogP) is 5.37. The lowest BCUT2D eigenvalue weighted by Crippen LogP contribution is -2.14. The molecule has 0 amide bonds.